The summed E-state index contributed by atoms with van der Waals surface area (Å²) in [6, 6.07) is 17.2. The van der Waals surface area contributed by atoms with Crippen LogP contribution in [0, 0.1) is 0 Å². The van der Waals surface area contributed by atoms with E-state index >= 15 is 0 Å². The summed E-state index contributed by atoms with van der Waals surface area (Å²) >= 11 is 3.01. The molecule has 1 unspecified atom stereocenters. The topological polar surface area (TPSA) is 75.6 Å². The van der Waals surface area contributed by atoms with Crippen molar-refractivity contribution in [2.45, 2.75) is 24.6 Å². The second kappa shape index (κ2) is 9.50. The number of nitrogens with one attached hydrogen (secondary N) is 1. The molecule has 1 aliphatic rings. The molecule has 2 N–H and O–H groups in total. The number of benzene rings is 3. The Labute approximate surface area is 201 Å². The normalized spacial score (nSPS) is 13.6. The molecule has 4 rings (SSSR count). The summed E-state index contributed by atoms with van der Waals surface area (Å²) in [6.07, 6.45) is -5.89. The Morgan fingerprint density at radius 3 is 2.15 bits per heavy atom. The van der Waals surface area contributed by atoms with Crippen molar-refractivity contribution < 1.29 is 32.6 Å². The van der Waals surface area contributed by atoms with Crippen LogP contribution in [0.2, 0.25) is 0 Å². The Kier molecular flexibility index (Phi) is 6.65. The van der Waals surface area contributed by atoms with Crippen LogP contribution in [0.25, 0.3) is 11.1 Å². The van der Waals surface area contributed by atoms with Gasteiger partial charge in [0, 0.05) is 16.8 Å². The molecule has 0 radical (unpaired) electrons. The van der Waals surface area contributed by atoms with Crippen molar-refractivity contribution in [3.63, 3.8) is 0 Å². The second-order valence-electron chi connectivity index (χ2n) is 7.91. The molecular weight excluding hydrogens is 515 g/mol. The van der Waals surface area contributed by atoms with Gasteiger partial charge in [0.1, 0.15) is 12.6 Å². The zero-order chi connectivity index (χ0) is 24.5. The summed E-state index contributed by atoms with van der Waals surface area (Å²) in [6.45, 7) is -0.0126. The lowest BCUT2D eigenvalue weighted by Crippen LogP contribution is -2.43. The minimum Gasteiger partial charge on any atom is -0.480 e. The summed E-state index contributed by atoms with van der Waals surface area (Å²) in [5.74, 6) is -1.59. The zero-order valence-electron chi connectivity index (χ0n) is 17.6. The molecule has 1 atom stereocenters. The molecule has 9 heteroatoms. The van der Waals surface area contributed by atoms with E-state index in [1.165, 1.54) is 6.07 Å². The maximum atomic E-state index is 13.1. The Morgan fingerprint density at radius 2 is 1.59 bits per heavy atom. The lowest BCUT2D eigenvalue weighted by atomic mass is 9.98. The predicted molar refractivity (Wildman–Crippen MR) is 122 cm³/mol. The molecule has 0 aromatic heterocycles. The van der Waals surface area contributed by atoms with E-state index in [1.54, 1.807) is 0 Å². The van der Waals surface area contributed by atoms with Gasteiger partial charge in [-0.05, 0) is 46.0 Å². The van der Waals surface area contributed by atoms with Gasteiger partial charge < -0.3 is 15.2 Å². The molecule has 0 saturated heterocycles. The third kappa shape index (κ3) is 5.09. The standard InChI is InChI=1S/C25H19BrF3NO4/c26-16-10-14(9-15(12-16)25(27,28)29)11-22(23(31)32)30-24(33)34-13-21-19-7-3-1-5-17(19)18-6-2-4-8-20(18)21/h1-10,12,21-22H,11,13H2,(H,30,33)(H,31,32). The molecule has 34 heavy (non-hydrogen) atoms. The lowest BCUT2D eigenvalue weighted by Gasteiger charge is -2.18. The van der Waals surface area contributed by atoms with Crippen LogP contribution in [-0.4, -0.2) is 29.8 Å². The van der Waals surface area contributed by atoms with Gasteiger partial charge in [-0.2, -0.15) is 13.2 Å². The fourth-order valence-electron chi connectivity index (χ4n) is 4.15. The van der Waals surface area contributed by atoms with Gasteiger partial charge in [-0.1, -0.05) is 64.5 Å². The maximum Gasteiger partial charge on any atom is 0.416 e. The summed E-state index contributed by atoms with van der Waals surface area (Å²) in [7, 11) is 0. The van der Waals surface area contributed by atoms with E-state index < -0.39 is 29.8 Å². The first-order valence-corrected chi connectivity index (χ1v) is 11.1. The van der Waals surface area contributed by atoms with E-state index in [0.717, 1.165) is 34.4 Å². The molecule has 0 fully saturated rings. The predicted octanol–water partition coefficient (Wildman–Crippen LogP) is 6.00. The van der Waals surface area contributed by atoms with Crippen molar-refractivity contribution in [2.24, 2.45) is 0 Å². The van der Waals surface area contributed by atoms with Gasteiger partial charge in [-0.15, -0.1) is 0 Å². The monoisotopic (exact) mass is 533 g/mol. The molecule has 0 saturated carbocycles. The SMILES string of the molecule is O=C(NC(Cc1cc(Br)cc(C(F)(F)F)c1)C(=O)O)OCC1c2ccccc2-c2ccccc21. The second-order valence-corrected chi connectivity index (χ2v) is 8.83. The van der Waals surface area contributed by atoms with Crippen molar-refractivity contribution in [3.05, 3.63) is 93.5 Å². The van der Waals surface area contributed by atoms with E-state index in [0.29, 0.717) is 0 Å². The number of amides is 1. The Bertz CT molecular complexity index is 1200. The van der Waals surface area contributed by atoms with Crippen molar-refractivity contribution in [2.75, 3.05) is 6.61 Å². The van der Waals surface area contributed by atoms with Crippen LogP contribution in [0.4, 0.5) is 18.0 Å². The van der Waals surface area contributed by atoms with Crippen LogP contribution in [0.15, 0.2) is 71.2 Å². The molecule has 3 aromatic rings. The van der Waals surface area contributed by atoms with Gasteiger partial charge in [0.05, 0.1) is 5.56 Å². The highest BCUT2D eigenvalue weighted by atomic mass is 79.9. The molecule has 0 spiro atoms. The fraction of sp³-hybridized carbons (Fsp3) is 0.200. The third-order valence-electron chi connectivity index (χ3n) is 5.66. The first-order valence-electron chi connectivity index (χ1n) is 10.3. The highest BCUT2D eigenvalue weighted by Gasteiger charge is 2.32. The van der Waals surface area contributed by atoms with Crippen LogP contribution in [0.5, 0.6) is 0 Å². The van der Waals surface area contributed by atoms with E-state index in [4.69, 9.17) is 4.74 Å². The van der Waals surface area contributed by atoms with Crippen LogP contribution >= 0.6 is 15.9 Å². The molecule has 176 valence electrons. The smallest absolute Gasteiger partial charge is 0.416 e. The van der Waals surface area contributed by atoms with Crippen molar-refractivity contribution in [1.82, 2.24) is 5.32 Å². The highest BCUT2D eigenvalue weighted by molar-refractivity contribution is 9.10. The number of hydrogen-bond donors (Lipinski definition) is 2. The van der Waals surface area contributed by atoms with Gasteiger partial charge >= 0.3 is 18.2 Å². The minimum atomic E-state index is -4.59. The Balaban J connectivity index is 1.45. The largest absolute Gasteiger partial charge is 0.480 e. The molecule has 0 aliphatic heterocycles. The number of carboxylic acid groups (broad SMARTS) is 1. The number of carboxylic acids is 1. The molecule has 1 amide bonds. The van der Waals surface area contributed by atoms with Crippen molar-refractivity contribution >= 4 is 28.0 Å². The number of carbonyl (C=O) groups excluding carboxylic acids is 1. The number of alkyl carbamates (subject to hydrolysis) is 1. The number of ether oxygens (including phenoxy) is 1. The number of halogens is 4. The zero-order valence-corrected chi connectivity index (χ0v) is 19.2. The molecule has 5 nitrogen and oxygen atoms in total. The lowest BCUT2D eigenvalue weighted by molar-refractivity contribution is -0.139. The molecule has 1 aliphatic carbocycles. The van der Waals surface area contributed by atoms with Crippen molar-refractivity contribution in [1.29, 1.82) is 0 Å². The minimum absolute atomic E-state index is 0.0126. The first kappa shape index (κ1) is 23.8. The summed E-state index contributed by atoms with van der Waals surface area (Å²) in [5.41, 5.74) is 3.28. The molecule has 0 bridgehead atoms. The van der Waals surface area contributed by atoms with Gasteiger partial charge in [-0.25, -0.2) is 9.59 Å². The maximum absolute atomic E-state index is 13.1. The van der Waals surface area contributed by atoms with Crippen molar-refractivity contribution in [3.8, 4) is 11.1 Å². The molecule has 0 heterocycles. The van der Waals surface area contributed by atoms with Crippen LogP contribution < -0.4 is 5.32 Å². The third-order valence-corrected chi connectivity index (χ3v) is 6.12. The number of rotatable bonds is 6. The van der Waals surface area contributed by atoms with Crippen LogP contribution in [0.1, 0.15) is 28.2 Å². The van der Waals surface area contributed by atoms with Crippen LogP contribution in [0.3, 0.4) is 0 Å². The van der Waals surface area contributed by atoms with Gasteiger partial charge in [0.25, 0.3) is 0 Å². The van der Waals surface area contributed by atoms with E-state index in [-0.39, 0.29) is 29.0 Å². The average molecular weight is 534 g/mol. The quantitative estimate of drug-likeness (QED) is 0.407. The van der Waals surface area contributed by atoms with E-state index in [9.17, 15) is 27.9 Å². The number of aliphatic carboxylic acids is 1. The number of alkyl halides is 3. The van der Waals surface area contributed by atoms with E-state index in [2.05, 4.69) is 21.2 Å². The first-order chi connectivity index (χ1) is 16.1. The number of hydrogen-bond acceptors (Lipinski definition) is 3. The van der Waals surface area contributed by atoms with Gasteiger partial charge in [-0.3, -0.25) is 0 Å². The Hall–Kier alpha value is -3.33. The van der Waals surface area contributed by atoms with E-state index in [1.807, 2.05) is 48.5 Å². The summed E-state index contributed by atoms with van der Waals surface area (Å²) in [5, 5.41) is 11.8. The fourth-order valence-corrected chi connectivity index (χ4v) is 4.69. The summed E-state index contributed by atoms with van der Waals surface area (Å²) < 4.78 is 44.8. The number of carbonyl (C=O) groups is 2. The average Bonchev–Trinajstić information content (AvgIpc) is 3.10. The number of fused-ring (bicyclic) bond motifs is 3. The molecule has 3 aromatic carbocycles. The molecular formula is C25H19BrF3NO4. The van der Waals surface area contributed by atoms with Crippen LogP contribution in [-0.2, 0) is 22.1 Å². The van der Waals surface area contributed by atoms with Gasteiger partial charge in [0.2, 0.25) is 0 Å². The summed E-state index contributed by atoms with van der Waals surface area (Å²) in [4.78, 5) is 24.1. The highest BCUT2D eigenvalue weighted by Crippen LogP contribution is 2.44. The Morgan fingerprint density at radius 1 is 1.00 bits per heavy atom. The van der Waals surface area contributed by atoms with Gasteiger partial charge in [0.15, 0.2) is 0 Å².